The first-order valence-electron chi connectivity index (χ1n) is 8.32. The molecule has 1 unspecified atom stereocenters. The summed E-state index contributed by atoms with van der Waals surface area (Å²) in [5.74, 6) is 3.01. The Morgan fingerprint density at radius 1 is 1.28 bits per heavy atom. The van der Waals surface area contributed by atoms with Crippen LogP contribution >= 0.6 is 11.3 Å². The molecule has 7 nitrogen and oxygen atoms in total. The van der Waals surface area contributed by atoms with Crippen molar-refractivity contribution in [1.29, 1.82) is 0 Å². The Balaban J connectivity index is 1.52. The van der Waals surface area contributed by atoms with Crippen molar-refractivity contribution < 1.29 is 4.74 Å². The van der Waals surface area contributed by atoms with E-state index >= 15 is 0 Å². The minimum atomic E-state index is 0.378. The minimum Gasteiger partial charge on any atom is -0.481 e. The van der Waals surface area contributed by atoms with E-state index in [-0.39, 0.29) is 0 Å². The number of hydrogen-bond donors (Lipinski definition) is 0. The van der Waals surface area contributed by atoms with Crippen LogP contribution in [0.4, 0.5) is 5.82 Å². The van der Waals surface area contributed by atoms with Crippen molar-refractivity contribution >= 4 is 17.2 Å². The van der Waals surface area contributed by atoms with Crippen molar-refractivity contribution in [3.05, 3.63) is 47.2 Å². The Morgan fingerprint density at radius 3 is 3.08 bits per heavy atom. The smallest absolute Gasteiger partial charge is 0.218 e. The van der Waals surface area contributed by atoms with Crippen LogP contribution in [-0.4, -0.2) is 44.7 Å². The number of piperidine rings is 1. The van der Waals surface area contributed by atoms with Gasteiger partial charge in [0.2, 0.25) is 5.88 Å². The number of methoxy groups -OCH3 is 1. The van der Waals surface area contributed by atoms with E-state index in [1.54, 1.807) is 24.8 Å². The van der Waals surface area contributed by atoms with E-state index in [4.69, 9.17) is 4.74 Å². The van der Waals surface area contributed by atoms with E-state index in [1.807, 2.05) is 24.0 Å². The topological polar surface area (TPSA) is 69.0 Å². The maximum absolute atomic E-state index is 5.22. The SMILES string of the molecule is COc1cc(N2CCCC(c3nccn3Cc3cscn3)C2)ncn1. The quantitative estimate of drug-likeness (QED) is 0.700. The Labute approximate surface area is 150 Å². The normalized spacial score (nSPS) is 17.6. The average Bonchev–Trinajstić information content (AvgIpc) is 3.34. The van der Waals surface area contributed by atoms with Gasteiger partial charge < -0.3 is 14.2 Å². The van der Waals surface area contributed by atoms with Crippen LogP contribution in [-0.2, 0) is 6.54 Å². The molecule has 4 rings (SSSR count). The Hall–Kier alpha value is -2.48. The molecular formula is C17H20N6OS. The predicted octanol–water partition coefficient (Wildman–Crippen LogP) is 2.57. The van der Waals surface area contributed by atoms with Crippen LogP contribution in [0.3, 0.4) is 0 Å². The summed E-state index contributed by atoms with van der Waals surface area (Å²) in [6.45, 7) is 2.66. The van der Waals surface area contributed by atoms with Gasteiger partial charge in [-0.05, 0) is 12.8 Å². The van der Waals surface area contributed by atoms with Crippen LogP contribution < -0.4 is 9.64 Å². The molecule has 0 aliphatic carbocycles. The molecule has 25 heavy (non-hydrogen) atoms. The van der Waals surface area contributed by atoms with Gasteiger partial charge in [-0.25, -0.2) is 19.9 Å². The predicted molar refractivity (Wildman–Crippen MR) is 96.2 cm³/mol. The molecule has 1 saturated heterocycles. The fourth-order valence-electron chi connectivity index (χ4n) is 3.31. The summed E-state index contributed by atoms with van der Waals surface area (Å²) in [6.07, 6.45) is 7.73. The number of thiazole rings is 1. The molecule has 8 heteroatoms. The van der Waals surface area contributed by atoms with E-state index in [9.17, 15) is 0 Å². The molecule has 0 aromatic carbocycles. The van der Waals surface area contributed by atoms with Gasteiger partial charge in [-0.1, -0.05) is 0 Å². The molecule has 0 saturated carbocycles. The standard InChI is InChI=1S/C17H20N6OS/c1-24-16-7-15(19-11-20-16)22-5-2-3-13(8-22)17-18-4-6-23(17)9-14-10-25-12-21-14/h4,6-7,10-13H,2-3,5,8-9H2,1H3. The van der Waals surface area contributed by atoms with Crippen molar-refractivity contribution in [3.63, 3.8) is 0 Å². The zero-order valence-electron chi connectivity index (χ0n) is 14.1. The second kappa shape index (κ2) is 7.18. The first-order valence-corrected chi connectivity index (χ1v) is 9.27. The molecule has 0 bridgehead atoms. The molecule has 1 atom stereocenters. The van der Waals surface area contributed by atoms with E-state index in [1.165, 1.54) is 0 Å². The van der Waals surface area contributed by atoms with Crippen molar-refractivity contribution in [2.45, 2.75) is 25.3 Å². The first-order chi connectivity index (χ1) is 12.3. The second-order valence-corrected chi connectivity index (χ2v) is 6.82. The molecule has 0 radical (unpaired) electrons. The zero-order chi connectivity index (χ0) is 17.1. The minimum absolute atomic E-state index is 0.378. The third-order valence-electron chi connectivity index (χ3n) is 4.51. The van der Waals surface area contributed by atoms with Crippen molar-refractivity contribution in [3.8, 4) is 5.88 Å². The van der Waals surface area contributed by atoms with E-state index < -0.39 is 0 Å². The molecular weight excluding hydrogens is 336 g/mol. The molecule has 1 aliphatic heterocycles. The third-order valence-corrected chi connectivity index (χ3v) is 5.15. The highest BCUT2D eigenvalue weighted by Crippen LogP contribution is 2.29. The molecule has 130 valence electrons. The molecule has 3 aromatic heterocycles. The number of rotatable bonds is 5. The van der Waals surface area contributed by atoms with Crippen LogP contribution in [0, 0.1) is 0 Å². The summed E-state index contributed by atoms with van der Waals surface area (Å²) in [5.41, 5.74) is 2.95. The maximum Gasteiger partial charge on any atom is 0.218 e. The van der Waals surface area contributed by atoms with Gasteiger partial charge in [0, 0.05) is 42.8 Å². The number of nitrogens with zero attached hydrogens (tertiary/aromatic N) is 6. The van der Waals surface area contributed by atoms with Crippen molar-refractivity contribution in [2.24, 2.45) is 0 Å². The lowest BCUT2D eigenvalue weighted by atomic mass is 9.97. The monoisotopic (exact) mass is 356 g/mol. The molecule has 1 aliphatic rings. The highest BCUT2D eigenvalue weighted by molar-refractivity contribution is 7.07. The van der Waals surface area contributed by atoms with Gasteiger partial charge in [0.25, 0.3) is 0 Å². The lowest BCUT2D eigenvalue weighted by molar-refractivity contribution is 0.396. The Kier molecular flexibility index (Phi) is 4.60. The molecule has 3 aromatic rings. The number of hydrogen-bond acceptors (Lipinski definition) is 7. The van der Waals surface area contributed by atoms with Crippen molar-refractivity contribution in [1.82, 2.24) is 24.5 Å². The van der Waals surface area contributed by atoms with Crippen LogP contribution in [0.1, 0.15) is 30.3 Å². The lowest BCUT2D eigenvalue weighted by Crippen LogP contribution is -2.36. The highest BCUT2D eigenvalue weighted by Gasteiger charge is 2.26. The number of anilines is 1. The van der Waals surface area contributed by atoms with Crippen LogP contribution in [0.5, 0.6) is 5.88 Å². The largest absolute Gasteiger partial charge is 0.481 e. The van der Waals surface area contributed by atoms with E-state index in [2.05, 4.69) is 34.8 Å². The first kappa shape index (κ1) is 16.0. The summed E-state index contributed by atoms with van der Waals surface area (Å²) in [6, 6.07) is 1.89. The highest BCUT2D eigenvalue weighted by atomic mass is 32.1. The summed E-state index contributed by atoms with van der Waals surface area (Å²) < 4.78 is 7.43. The van der Waals surface area contributed by atoms with Gasteiger partial charge in [0.05, 0.1) is 24.9 Å². The van der Waals surface area contributed by atoms with E-state index in [0.29, 0.717) is 11.8 Å². The molecule has 0 spiro atoms. The van der Waals surface area contributed by atoms with Gasteiger partial charge in [0.1, 0.15) is 18.0 Å². The van der Waals surface area contributed by atoms with Crippen LogP contribution in [0.25, 0.3) is 0 Å². The van der Waals surface area contributed by atoms with Gasteiger partial charge in [-0.15, -0.1) is 11.3 Å². The number of imidazole rings is 1. The molecule has 0 amide bonds. The number of aromatic nitrogens is 5. The van der Waals surface area contributed by atoms with Gasteiger partial charge >= 0.3 is 0 Å². The lowest BCUT2D eigenvalue weighted by Gasteiger charge is -2.33. The fraction of sp³-hybridized carbons (Fsp3) is 0.412. The third kappa shape index (κ3) is 3.48. The molecule has 4 heterocycles. The molecule has 1 fully saturated rings. The van der Waals surface area contributed by atoms with Crippen LogP contribution in [0.15, 0.2) is 35.7 Å². The van der Waals surface area contributed by atoms with Crippen molar-refractivity contribution in [2.75, 3.05) is 25.1 Å². The van der Waals surface area contributed by atoms with E-state index in [0.717, 1.165) is 49.8 Å². The maximum atomic E-state index is 5.22. The molecule has 0 N–H and O–H groups in total. The zero-order valence-corrected chi connectivity index (χ0v) is 14.9. The van der Waals surface area contributed by atoms with Gasteiger partial charge in [-0.2, -0.15) is 0 Å². The van der Waals surface area contributed by atoms with Gasteiger partial charge in [0.15, 0.2) is 0 Å². The Morgan fingerprint density at radius 2 is 2.24 bits per heavy atom. The van der Waals surface area contributed by atoms with Gasteiger partial charge in [-0.3, -0.25) is 0 Å². The summed E-state index contributed by atoms with van der Waals surface area (Å²) in [7, 11) is 1.63. The summed E-state index contributed by atoms with van der Waals surface area (Å²) in [4.78, 5) is 19.8. The average molecular weight is 356 g/mol. The van der Waals surface area contributed by atoms with Crippen LogP contribution in [0.2, 0.25) is 0 Å². The Bertz CT molecular complexity index is 818. The number of ether oxygens (including phenoxy) is 1. The summed E-state index contributed by atoms with van der Waals surface area (Å²) >= 11 is 1.62. The fourth-order valence-corrected chi connectivity index (χ4v) is 3.86. The summed E-state index contributed by atoms with van der Waals surface area (Å²) in [5, 5.41) is 2.09. The second-order valence-electron chi connectivity index (χ2n) is 6.10.